The number of aromatic nitrogens is 2. The van der Waals surface area contributed by atoms with Crippen LogP contribution >= 0.6 is 11.8 Å². The fraction of sp³-hybridized carbons (Fsp3) is 0.500. The number of anilines is 1. The van der Waals surface area contributed by atoms with Crippen molar-refractivity contribution in [3.05, 3.63) is 11.1 Å². The molecule has 2 rings (SSSR count). The summed E-state index contributed by atoms with van der Waals surface area (Å²) < 4.78 is 0. The van der Waals surface area contributed by atoms with Crippen LogP contribution in [0.15, 0.2) is 5.03 Å². The van der Waals surface area contributed by atoms with E-state index in [2.05, 4.69) is 15.5 Å². The lowest BCUT2D eigenvalue weighted by Crippen LogP contribution is -2.11. The summed E-state index contributed by atoms with van der Waals surface area (Å²) in [5.41, 5.74) is 2.44. The normalized spacial score (nSPS) is 13.7. The Bertz CT molecular complexity index is 406. The van der Waals surface area contributed by atoms with Crippen LogP contribution in [0.25, 0.3) is 0 Å². The lowest BCUT2D eigenvalue weighted by Gasteiger charge is -2.08. The number of fused-ring (bicyclic) bond motifs is 1. The number of rotatable bonds is 2. The van der Waals surface area contributed by atoms with Gasteiger partial charge >= 0.3 is 0 Å². The Morgan fingerprint density at radius 1 is 1.33 bits per heavy atom. The van der Waals surface area contributed by atoms with Crippen molar-refractivity contribution in [2.75, 3.05) is 11.6 Å². The molecule has 5 heteroatoms. The van der Waals surface area contributed by atoms with Crippen LogP contribution in [-0.2, 0) is 17.6 Å². The molecule has 0 saturated heterocycles. The maximum Gasteiger partial charge on any atom is 0.222 e. The highest BCUT2D eigenvalue weighted by molar-refractivity contribution is 7.98. The molecule has 0 aromatic carbocycles. The minimum Gasteiger partial charge on any atom is -0.309 e. The van der Waals surface area contributed by atoms with E-state index in [1.54, 1.807) is 11.8 Å². The quantitative estimate of drug-likeness (QED) is 0.774. The number of carbonyl (C=O) groups is 1. The van der Waals surface area contributed by atoms with E-state index in [4.69, 9.17) is 0 Å². The molecule has 1 aliphatic carbocycles. The summed E-state index contributed by atoms with van der Waals surface area (Å²) in [5.74, 6) is 0.558. The Morgan fingerprint density at radius 2 is 2.07 bits per heavy atom. The van der Waals surface area contributed by atoms with Crippen LogP contribution in [0.2, 0.25) is 0 Å². The van der Waals surface area contributed by atoms with Crippen LogP contribution in [0, 0.1) is 0 Å². The average molecular weight is 223 g/mol. The molecule has 1 aromatic rings. The van der Waals surface area contributed by atoms with Crippen LogP contribution in [0.3, 0.4) is 0 Å². The van der Waals surface area contributed by atoms with Crippen molar-refractivity contribution in [1.82, 2.24) is 10.2 Å². The first kappa shape index (κ1) is 10.4. The largest absolute Gasteiger partial charge is 0.309 e. The maximum atomic E-state index is 11.0. The minimum absolute atomic E-state index is 0.0877. The van der Waals surface area contributed by atoms with Gasteiger partial charge in [0, 0.05) is 12.5 Å². The molecule has 1 aromatic heterocycles. The summed E-state index contributed by atoms with van der Waals surface area (Å²) in [4.78, 5) is 11.0. The second-order valence-electron chi connectivity index (χ2n) is 3.55. The molecule has 0 saturated carbocycles. The van der Waals surface area contributed by atoms with E-state index in [1.165, 1.54) is 18.1 Å². The van der Waals surface area contributed by atoms with Crippen molar-refractivity contribution in [1.29, 1.82) is 0 Å². The fourth-order valence-corrected chi connectivity index (χ4v) is 2.48. The van der Waals surface area contributed by atoms with E-state index in [0.717, 1.165) is 24.3 Å². The molecule has 80 valence electrons. The first-order valence-corrected chi connectivity index (χ1v) is 6.15. The zero-order valence-corrected chi connectivity index (χ0v) is 9.65. The third-order valence-corrected chi connectivity index (χ3v) is 3.21. The second kappa shape index (κ2) is 4.18. The van der Waals surface area contributed by atoms with Crippen molar-refractivity contribution >= 4 is 23.5 Å². The first-order valence-electron chi connectivity index (χ1n) is 4.92. The second-order valence-corrected chi connectivity index (χ2v) is 4.34. The number of carbonyl (C=O) groups excluding carboxylic acids is 1. The van der Waals surface area contributed by atoms with Gasteiger partial charge in [-0.1, -0.05) is 0 Å². The van der Waals surface area contributed by atoms with E-state index in [-0.39, 0.29) is 5.91 Å². The average Bonchev–Trinajstić information content (AvgIpc) is 2.66. The van der Waals surface area contributed by atoms with Gasteiger partial charge in [-0.2, -0.15) is 0 Å². The van der Waals surface area contributed by atoms with Crippen molar-refractivity contribution in [3.63, 3.8) is 0 Å². The number of nitrogens with one attached hydrogen (secondary N) is 1. The van der Waals surface area contributed by atoms with Crippen molar-refractivity contribution in [2.45, 2.75) is 31.2 Å². The van der Waals surface area contributed by atoms with Gasteiger partial charge in [0.1, 0.15) is 5.03 Å². The molecular weight excluding hydrogens is 210 g/mol. The summed E-state index contributed by atoms with van der Waals surface area (Å²) in [6.07, 6.45) is 5.17. The van der Waals surface area contributed by atoms with Crippen LogP contribution in [0.1, 0.15) is 24.5 Å². The summed E-state index contributed by atoms with van der Waals surface area (Å²) in [7, 11) is 0. The van der Waals surface area contributed by atoms with Gasteiger partial charge in [0.05, 0.1) is 0 Å². The standard InChI is InChI=1S/C10H13N3OS/c1-6(14)11-9-7-4-3-5-8(7)10(15-2)13-12-9/h3-5H2,1-2H3,(H,11,12,14). The summed E-state index contributed by atoms with van der Waals surface area (Å²) >= 11 is 1.62. The molecule has 0 bridgehead atoms. The van der Waals surface area contributed by atoms with Crippen LogP contribution < -0.4 is 5.32 Å². The van der Waals surface area contributed by atoms with Crippen molar-refractivity contribution < 1.29 is 4.79 Å². The predicted octanol–water partition coefficient (Wildman–Crippen LogP) is 1.65. The third kappa shape index (κ3) is 1.97. The number of amides is 1. The van der Waals surface area contributed by atoms with Crippen molar-refractivity contribution in [3.8, 4) is 0 Å². The van der Waals surface area contributed by atoms with E-state index >= 15 is 0 Å². The molecule has 0 unspecified atom stereocenters. The maximum absolute atomic E-state index is 11.0. The predicted molar refractivity (Wildman–Crippen MR) is 60.1 cm³/mol. The van der Waals surface area contributed by atoms with Gasteiger partial charge < -0.3 is 5.32 Å². The van der Waals surface area contributed by atoms with Gasteiger partial charge in [-0.15, -0.1) is 22.0 Å². The van der Waals surface area contributed by atoms with Gasteiger partial charge in [0.25, 0.3) is 0 Å². The number of hydrogen-bond donors (Lipinski definition) is 1. The van der Waals surface area contributed by atoms with Crippen LogP contribution in [0.4, 0.5) is 5.82 Å². The molecule has 0 radical (unpaired) electrons. The van der Waals surface area contributed by atoms with Gasteiger partial charge in [0.15, 0.2) is 5.82 Å². The zero-order chi connectivity index (χ0) is 10.8. The molecule has 1 N–H and O–H groups in total. The van der Waals surface area contributed by atoms with Gasteiger partial charge in [-0.25, -0.2) is 0 Å². The van der Waals surface area contributed by atoms with Gasteiger partial charge in [-0.05, 0) is 31.1 Å². The Morgan fingerprint density at radius 3 is 2.73 bits per heavy atom. The Labute approximate surface area is 92.9 Å². The summed E-state index contributed by atoms with van der Waals surface area (Å²) in [5, 5.41) is 11.9. The number of nitrogens with zero attached hydrogens (tertiary/aromatic N) is 2. The lowest BCUT2D eigenvalue weighted by molar-refractivity contribution is -0.114. The van der Waals surface area contributed by atoms with Crippen molar-refractivity contribution in [2.24, 2.45) is 0 Å². The Hall–Kier alpha value is -1.10. The third-order valence-electron chi connectivity index (χ3n) is 2.49. The topological polar surface area (TPSA) is 54.9 Å². The molecule has 0 spiro atoms. The van der Waals surface area contributed by atoms with Gasteiger partial charge in [0.2, 0.25) is 5.91 Å². The van der Waals surface area contributed by atoms with Crippen LogP contribution in [0.5, 0.6) is 0 Å². The molecule has 1 amide bonds. The smallest absolute Gasteiger partial charge is 0.222 e. The molecule has 0 atom stereocenters. The summed E-state index contributed by atoms with van der Waals surface area (Å²) in [6.45, 7) is 1.49. The molecule has 1 aliphatic rings. The van der Waals surface area contributed by atoms with Crippen LogP contribution in [-0.4, -0.2) is 22.4 Å². The fourth-order valence-electron chi connectivity index (χ4n) is 1.89. The molecule has 1 heterocycles. The molecule has 0 aliphatic heterocycles. The molecule has 4 nitrogen and oxygen atoms in total. The number of thioether (sulfide) groups is 1. The minimum atomic E-state index is -0.0877. The molecule has 15 heavy (non-hydrogen) atoms. The van der Waals surface area contributed by atoms with E-state index < -0.39 is 0 Å². The SMILES string of the molecule is CSc1nnc(NC(C)=O)c2c1CCC2. The summed E-state index contributed by atoms with van der Waals surface area (Å²) in [6, 6.07) is 0. The lowest BCUT2D eigenvalue weighted by atomic mass is 10.2. The number of hydrogen-bond acceptors (Lipinski definition) is 4. The molecular formula is C10H13N3OS. The highest BCUT2D eigenvalue weighted by Crippen LogP contribution is 2.32. The molecule has 0 fully saturated rings. The zero-order valence-electron chi connectivity index (χ0n) is 8.83. The van der Waals surface area contributed by atoms with E-state index in [9.17, 15) is 4.79 Å². The monoisotopic (exact) mass is 223 g/mol. The van der Waals surface area contributed by atoms with E-state index in [0.29, 0.717) is 5.82 Å². The van der Waals surface area contributed by atoms with Gasteiger partial charge in [-0.3, -0.25) is 4.79 Å². The highest BCUT2D eigenvalue weighted by atomic mass is 32.2. The Balaban J connectivity index is 2.42. The Kier molecular flexibility index (Phi) is 2.90. The van der Waals surface area contributed by atoms with E-state index in [1.807, 2.05) is 6.26 Å². The highest BCUT2D eigenvalue weighted by Gasteiger charge is 2.21. The first-order chi connectivity index (χ1) is 7.22.